The second-order valence-electron chi connectivity index (χ2n) is 4.43. The van der Waals surface area contributed by atoms with Gasteiger partial charge in [0.1, 0.15) is 11.8 Å². The van der Waals surface area contributed by atoms with Crippen molar-refractivity contribution in [1.29, 1.82) is 0 Å². The quantitative estimate of drug-likeness (QED) is 0.809. The standard InChI is InChI=1S/C12H15ClN4O2/c1-7(2)9-5-8(12(18)16(3)19-4)10-11(13)14-6-15-17(9)10/h5-7H,1-4H3. The molecule has 1 amide bonds. The second kappa shape index (κ2) is 5.14. The Labute approximate surface area is 115 Å². The van der Waals surface area contributed by atoms with Gasteiger partial charge in [0.05, 0.1) is 12.7 Å². The highest BCUT2D eigenvalue weighted by molar-refractivity contribution is 6.33. The molecular formula is C12H15ClN4O2. The zero-order chi connectivity index (χ0) is 14.2. The Morgan fingerprint density at radius 2 is 2.21 bits per heavy atom. The third-order valence-corrected chi connectivity index (χ3v) is 3.20. The van der Waals surface area contributed by atoms with E-state index in [1.165, 1.54) is 13.4 Å². The highest BCUT2D eigenvalue weighted by atomic mass is 35.5. The molecule has 0 saturated heterocycles. The van der Waals surface area contributed by atoms with Crippen molar-refractivity contribution in [2.75, 3.05) is 14.2 Å². The number of hydroxylamine groups is 2. The van der Waals surface area contributed by atoms with E-state index in [0.717, 1.165) is 10.8 Å². The number of aromatic nitrogens is 3. The number of carbonyl (C=O) groups excluding carboxylic acids is 1. The first-order valence-electron chi connectivity index (χ1n) is 5.81. The van der Waals surface area contributed by atoms with E-state index in [4.69, 9.17) is 16.4 Å². The molecule has 0 bridgehead atoms. The average Bonchev–Trinajstić information content (AvgIpc) is 2.78. The van der Waals surface area contributed by atoms with Gasteiger partial charge in [0.15, 0.2) is 5.15 Å². The number of amides is 1. The lowest BCUT2D eigenvalue weighted by Crippen LogP contribution is -2.25. The number of carbonyl (C=O) groups is 1. The van der Waals surface area contributed by atoms with Crippen LogP contribution in [0, 0.1) is 0 Å². The molecule has 0 spiro atoms. The van der Waals surface area contributed by atoms with Gasteiger partial charge in [-0.3, -0.25) is 9.63 Å². The molecule has 0 aromatic carbocycles. The van der Waals surface area contributed by atoms with Crippen LogP contribution in [-0.4, -0.2) is 39.7 Å². The Hall–Kier alpha value is -1.66. The van der Waals surface area contributed by atoms with Gasteiger partial charge in [-0.2, -0.15) is 5.10 Å². The summed E-state index contributed by atoms with van der Waals surface area (Å²) in [5.41, 5.74) is 1.83. The predicted octanol–water partition coefficient (Wildman–Crippen LogP) is 2.14. The summed E-state index contributed by atoms with van der Waals surface area (Å²) in [5.74, 6) is -0.0866. The summed E-state index contributed by atoms with van der Waals surface area (Å²) < 4.78 is 1.65. The second-order valence-corrected chi connectivity index (χ2v) is 4.79. The Morgan fingerprint density at radius 1 is 1.53 bits per heavy atom. The van der Waals surface area contributed by atoms with Gasteiger partial charge in [0.25, 0.3) is 5.91 Å². The monoisotopic (exact) mass is 282 g/mol. The molecule has 0 fully saturated rings. The Kier molecular flexibility index (Phi) is 3.73. The maximum atomic E-state index is 12.3. The highest BCUT2D eigenvalue weighted by Gasteiger charge is 2.23. The van der Waals surface area contributed by atoms with E-state index in [1.807, 2.05) is 13.8 Å². The molecule has 0 radical (unpaired) electrons. The van der Waals surface area contributed by atoms with Gasteiger partial charge in [-0.25, -0.2) is 14.6 Å². The van der Waals surface area contributed by atoms with Gasteiger partial charge in [-0.1, -0.05) is 25.4 Å². The van der Waals surface area contributed by atoms with Crippen LogP contribution in [-0.2, 0) is 4.84 Å². The van der Waals surface area contributed by atoms with E-state index < -0.39 is 0 Å². The number of nitrogens with zero attached hydrogens (tertiary/aromatic N) is 4. The average molecular weight is 283 g/mol. The molecule has 0 atom stereocenters. The van der Waals surface area contributed by atoms with Gasteiger partial charge in [0.2, 0.25) is 0 Å². The molecule has 0 aliphatic rings. The van der Waals surface area contributed by atoms with Crippen LogP contribution >= 0.6 is 11.6 Å². The van der Waals surface area contributed by atoms with Crippen LogP contribution in [0.2, 0.25) is 5.15 Å². The number of hydrogen-bond donors (Lipinski definition) is 0. The minimum Gasteiger partial charge on any atom is -0.274 e. The lowest BCUT2D eigenvalue weighted by Gasteiger charge is -2.12. The van der Waals surface area contributed by atoms with Crippen molar-refractivity contribution < 1.29 is 9.63 Å². The normalized spacial score (nSPS) is 11.3. The van der Waals surface area contributed by atoms with Crippen molar-refractivity contribution in [3.63, 3.8) is 0 Å². The van der Waals surface area contributed by atoms with Crippen LogP contribution in [0.25, 0.3) is 5.52 Å². The summed E-state index contributed by atoms with van der Waals surface area (Å²) in [7, 11) is 2.97. The molecule has 6 nitrogen and oxygen atoms in total. The first kappa shape index (κ1) is 13.8. The molecule has 0 unspecified atom stereocenters. The molecule has 0 saturated carbocycles. The minimum atomic E-state index is -0.288. The summed E-state index contributed by atoms with van der Waals surface area (Å²) in [6.07, 6.45) is 1.37. The Balaban J connectivity index is 2.71. The molecular weight excluding hydrogens is 268 g/mol. The lowest BCUT2D eigenvalue weighted by atomic mass is 10.1. The highest BCUT2D eigenvalue weighted by Crippen LogP contribution is 2.26. The van der Waals surface area contributed by atoms with Crippen LogP contribution in [0.1, 0.15) is 35.8 Å². The molecule has 0 aliphatic carbocycles. The molecule has 0 N–H and O–H groups in total. The predicted molar refractivity (Wildman–Crippen MR) is 71.2 cm³/mol. The fraction of sp³-hybridized carbons (Fsp3) is 0.417. The third kappa shape index (κ3) is 2.29. The van der Waals surface area contributed by atoms with Crippen LogP contribution in [0.4, 0.5) is 0 Å². The van der Waals surface area contributed by atoms with Gasteiger partial charge in [-0.15, -0.1) is 0 Å². The Morgan fingerprint density at radius 3 is 2.79 bits per heavy atom. The van der Waals surface area contributed by atoms with E-state index >= 15 is 0 Å². The van der Waals surface area contributed by atoms with Gasteiger partial charge in [-0.05, 0) is 12.0 Å². The summed E-state index contributed by atoms with van der Waals surface area (Å²) in [5, 5.41) is 5.55. The fourth-order valence-corrected chi connectivity index (χ4v) is 2.09. The zero-order valence-electron chi connectivity index (χ0n) is 11.2. The number of halogens is 1. The third-order valence-electron chi connectivity index (χ3n) is 2.92. The summed E-state index contributed by atoms with van der Waals surface area (Å²) in [4.78, 5) is 21.1. The van der Waals surface area contributed by atoms with Gasteiger partial charge in [0, 0.05) is 12.7 Å². The van der Waals surface area contributed by atoms with Crippen molar-refractivity contribution in [3.05, 3.63) is 28.8 Å². The van der Waals surface area contributed by atoms with Crippen LogP contribution in [0.3, 0.4) is 0 Å². The van der Waals surface area contributed by atoms with Crippen molar-refractivity contribution in [3.8, 4) is 0 Å². The van der Waals surface area contributed by atoms with Crippen LogP contribution < -0.4 is 0 Å². The maximum Gasteiger partial charge on any atom is 0.279 e. The van der Waals surface area contributed by atoms with Crippen molar-refractivity contribution in [2.24, 2.45) is 0 Å². The number of rotatable bonds is 3. The van der Waals surface area contributed by atoms with E-state index in [9.17, 15) is 4.79 Å². The van der Waals surface area contributed by atoms with Gasteiger partial charge >= 0.3 is 0 Å². The smallest absolute Gasteiger partial charge is 0.274 e. The maximum absolute atomic E-state index is 12.3. The van der Waals surface area contributed by atoms with Crippen LogP contribution in [0.5, 0.6) is 0 Å². The molecule has 19 heavy (non-hydrogen) atoms. The Bertz CT molecular complexity index is 623. The number of fused-ring (bicyclic) bond motifs is 1. The molecule has 2 heterocycles. The van der Waals surface area contributed by atoms with E-state index in [1.54, 1.807) is 17.6 Å². The molecule has 2 rings (SSSR count). The van der Waals surface area contributed by atoms with E-state index in [0.29, 0.717) is 11.1 Å². The lowest BCUT2D eigenvalue weighted by molar-refractivity contribution is -0.0755. The van der Waals surface area contributed by atoms with E-state index in [-0.39, 0.29) is 17.0 Å². The first-order chi connectivity index (χ1) is 8.97. The SMILES string of the molecule is CON(C)C(=O)c1cc(C(C)C)n2ncnc(Cl)c12. The molecule has 102 valence electrons. The van der Waals surface area contributed by atoms with Crippen molar-refractivity contribution >= 4 is 23.0 Å². The molecule has 0 aliphatic heterocycles. The molecule has 2 aromatic heterocycles. The van der Waals surface area contributed by atoms with Crippen LogP contribution in [0.15, 0.2) is 12.4 Å². The van der Waals surface area contributed by atoms with Crippen molar-refractivity contribution in [1.82, 2.24) is 19.7 Å². The number of hydrogen-bond acceptors (Lipinski definition) is 4. The molecule has 7 heteroatoms. The summed E-state index contributed by atoms with van der Waals surface area (Å²) in [6, 6.07) is 1.78. The fourth-order valence-electron chi connectivity index (χ4n) is 1.86. The largest absolute Gasteiger partial charge is 0.279 e. The van der Waals surface area contributed by atoms with Gasteiger partial charge < -0.3 is 0 Å². The summed E-state index contributed by atoms with van der Waals surface area (Å²) in [6.45, 7) is 4.04. The molecule has 2 aromatic rings. The zero-order valence-corrected chi connectivity index (χ0v) is 12.0. The van der Waals surface area contributed by atoms with Crippen molar-refractivity contribution in [2.45, 2.75) is 19.8 Å². The minimum absolute atomic E-state index is 0.202. The summed E-state index contributed by atoms with van der Waals surface area (Å²) >= 11 is 6.09. The topological polar surface area (TPSA) is 59.7 Å². The van der Waals surface area contributed by atoms with E-state index in [2.05, 4.69) is 10.1 Å². The first-order valence-corrected chi connectivity index (χ1v) is 6.19.